The van der Waals surface area contributed by atoms with E-state index in [9.17, 15) is 9.59 Å². The Bertz CT molecular complexity index is 2540. The van der Waals surface area contributed by atoms with Gasteiger partial charge in [0, 0.05) is 46.1 Å². The minimum atomic E-state index is -0.599. The summed E-state index contributed by atoms with van der Waals surface area (Å²) in [6.45, 7) is 0. The third-order valence-electron chi connectivity index (χ3n) is 11.0. The maximum Gasteiger partial charge on any atom is 0.167 e. The number of hydrogen-bond acceptors (Lipinski definition) is 4. The molecule has 4 nitrogen and oxygen atoms in total. The van der Waals surface area contributed by atoms with Crippen molar-refractivity contribution in [1.29, 1.82) is 0 Å². The van der Waals surface area contributed by atoms with Crippen molar-refractivity contribution in [3.63, 3.8) is 0 Å². The minimum absolute atomic E-state index is 0.0531. The first kappa shape index (κ1) is 32.1. The molecular weight excluding hydrogens is 649 g/mol. The Kier molecular flexibility index (Phi) is 7.74. The van der Waals surface area contributed by atoms with E-state index in [0.717, 1.165) is 43.8 Å². The number of fused-ring (bicyclic) bond motifs is 5. The van der Waals surface area contributed by atoms with Crippen molar-refractivity contribution in [1.82, 2.24) is 0 Å². The normalized spacial score (nSPS) is 12.8. The molecule has 0 atom stereocenters. The van der Waals surface area contributed by atoms with E-state index in [-0.39, 0.29) is 24.4 Å². The molecule has 4 heteroatoms. The van der Waals surface area contributed by atoms with Crippen LogP contribution in [0.25, 0.3) is 32.7 Å². The molecule has 0 heterocycles. The van der Waals surface area contributed by atoms with E-state index < -0.39 is 5.41 Å². The van der Waals surface area contributed by atoms with Gasteiger partial charge in [0.25, 0.3) is 0 Å². The van der Waals surface area contributed by atoms with Crippen LogP contribution in [0.15, 0.2) is 170 Å². The van der Waals surface area contributed by atoms with Crippen LogP contribution in [0.1, 0.15) is 54.1 Å². The van der Waals surface area contributed by atoms with Crippen LogP contribution in [0.2, 0.25) is 0 Å². The third kappa shape index (κ3) is 5.22. The Balaban J connectivity index is 1.09. The van der Waals surface area contributed by atoms with E-state index in [1.807, 2.05) is 72.8 Å². The predicted molar refractivity (Wildman–Crippen MR) is 217 cm³/mol. The van der Waals surface area contributed by atoms with Gasteiger partial charge in [0.15, 0.2) is 11.6 Å². The molecule has 0 saturated heterocycles. The molecule has 1 aliphatic rings. The highest BCUT2D eigenvalue weighted by Gasteiger charge is 2.45. The van der Waals surface area contributed by atoms with Gasteiger partial charge in [-0.3, -0.25) is 9.59 Å². The molecule has 0 saturated carbocycles. The quantitative estimate of drug-likeness (QED) is 0.123. The maximum absolute atomic E-state index is 13.7. The lowest BCUT2D eigenvalue weighted by Gasteiger charge is -2.34. The number of benzene rings is 8. The van der Waals surface area contributed by atoms with Crippen LogP contribution < -0.4 is 11.5 Å². The first-order valence-corrected chi connectivity index (χ1v) is 17.9. The summed E-state index contributed by atoms with van der Waals surface area (Å²) in [5.74, 6) is 0.106. The van der Waals surface area contributed by atoms with Crippen molar-refractivity contribution in [3.05, 3.63) is 214 Å². The smallest absolute Gasteiger partial charge is 0.167 e. The molecule has 0 aliphatic heterocycles. The van der Waals surface area contributed by atoms with Gasteiger partial charge in [0.1, 0.15) is 0 Å². The van der Waals surface area contributed by atoms with Crippen LogP contribution in [0.5, 0.6) is 0 Å². The highest BCUT2D eigenvalue weighted by atomic mass is 16.1. The monoisotopic (exact) mass is 684 g/mol. The summed E-state index contributed by atoms with van der Waals surface area (Å²) >= 11 is 0. The molecule has 0 bridgehead atoms. The largest absolute Gasteiger partial charge is 0.398 e. The number of carbonyl (C=O) groups is 2. The molecule has 0 aromatic heterocycles. The maximum atomic E-state index is 13.7. The Morgan fingerprint density at radius 1 is 0.396 bits per heavy atom. The Morgan fingerprint density at radius 2 is 0.774 bits per heavy atom. The topological polar surface area (TPSA) is 86.2 Å². The number of hydrogen-bond donors (Lipinski definition) is 2. The highest BCUT2D eigenvalue weighted by Crippen LogP contribution is 2.56. The summed E-state index contributed by atoms with van der Waals surface area (Å²) in [6, 6.07) is 57.2. The van der Waals surface area contributed by atoms with E-state index in [1.54, 1.807) is 0 Å². The van der Waals surface area contributed by atoms with E-state index in [0.29, 0.717) is 22.5 Å². The first-order valence-electron chi connectivity index (χ1n) is 17.9. The average Bonchev–Trinajstić information content (AvgIpc) is 3.49. The summed E-state index contributed by atoms with van der Waals surface area (Å²) in [6.07, 6.45) is 0.556. The Morgan fingerprint density at radius 3 is 1.21 bits per heavy atom. The van der Waals surface area contributed by atoms with Crippen LogP contribution in [0, 0.1) is 0 Å². The van der Waals surface area contributed by atoms with Gasteiger partial charge in [-0.25, -0.2) is 0 Å². The molecule has 4 N–H and O–H groups in total. The van der Waals surface area contributed by atoms with Crippen molar-refractivity contribution in [3.8, 4) is 11.1 Å². The van der Waals surface area contributed by atoms with Crippen molar-refractivity contribution in [2.24, 2.45) is 0 Å². The molecular formula is C49H36N2O2. The molecule has 0 amide bonds. The van der Waals surface area contributed by atoms with Gasteiger partial charge >= 0.3 is 0 Å². The van der Waals surface area contributed by atoms with Gasteiger partial charge in [-0.15, -0.1) is 0 Å². The SMILES string of the molecule is Nc1cccc2c(C(=O)Cc3ccc(C4(c5ccc(CC(=O)c6cccc7c(N)cccc67)cc5)c5ccccc5-c5ccccc54)cc3)cccc12. The summed E-state index contributed by atoms with van der Waals surface area (Å²) in [4.78, 5) is 27.4. The number of carbonyl (C=O) groups excluding carboxylic acids is 2. The summed E-state index contributed by atoms with van der Waals surface area (Å²) in [5, 5.41) is 3.53. The molecule has 0 spiro atoms. The van der Waals surface area contributed by atoms with Crippen LogP contribution in [-0.4, -0.2) is 11.6 Å². The summed E-state index contributed by atoms with van der Waals surface area (Å²) in [5.41, 5.74) is 23.5. The third-order valence-corrected chi connectivity index (χ3v) is 11.0. The molecule has 8 aromatic rings. The number of rotatable bonds is 8. The summed E-state index contributed by atoms with van der Waals surface area (Å²) in [7, 11) is 0. The Hall–Kier alpha value is -6.78. The predicted octanol–water partition coefficient (Wildman–Crippen LogP) is 10.4. The van der Waals surface area contributed by atoms with E-state index in [4.69, 9.17) is 11.5 Å². The van der Waals surface area contributed by atoms with Gasteiger partial charge in [-0.2, -0.15) is 0 Å². The highest BCUT2D eigenvalue weighted by molar-refractivity contribution is 6.12. The van der Waals surface area contributed by atoms with Crippen molar-refractivity contribution >= 4 is 44.5 Å². The molecule has 8 aromatic carbocycles. The fourth-order valence-corrected chi connectivity index (χ4v) is 8.49. The molecule has 9 rings (SSSR count). The van der Waals surface area contributed by atoms with Gasteiger partial charge < -0.3 is 11.5 Å². The number of Topliss-reactive ketones (excluding diaryl/α,β-unsaturated/α-hetero) is 2. The molecule has 254 valence electrons. The lowest BCUT2D eigenvalue weighted by Crippen LogP contribution is -2.28. The molecule has 0 radical (unpaired) electrons. The van der Waals surface area contributed by atoms with Crippen molar-refractivity contribution in [2.45, 2.75) is 18.3 Å². The van der Waals surface area contributed by atoms with Crippen molar-refractivity contribution in [2.75, 3.05) is 11.5 Å². The Labute approximate surface area is 308 Å². The second-order valence-corrected chi connectivity index (χ2v) is 13.9. The minimum Gasteiger partial charge on any atom is -0.398 e. The summed E-state index contributed by atoms with van der Waals surface area (Å²) < 4.78 is 0. The zero-order chi connectivity index (χ0) is 36.1. The molecule has 0 fully saturated rings. The molecule has 0 unspecified atom stereocenters. The first-order chi connectivity index (χ1) is 25.9. The van der Waals surface area contributed by atoms with Crippen LogP contribution in [-0.2, 0) is 18.3 Å². The lowest BCUT2D eigenvalue weighted by atomic mass is 9.67. The number of nitrogens with two attached hydrogens (primary N) is 2. The van der Waals surface area contributed by atoms with Gasteiger partial charge in [-0.1, -0.05) is 158 Å². The van der Waals surface area contributed by atoms with E-state index in [1.165, 1.54) is 22.3 Å². The van der Waals surface area contributed by atoms with E-state index in [2.05, 4.69) is 97.1 Å². The van der Waals surface area contributed by atoms with Gasteiger partial charge in [-0.05, 0) is 67.4 Å². The molecule has 1 aliphatic carbocycles. The zero-order valence-electron chi connectivity index (χ0n) is 29.1. The second-order valence-electron chi connectivity index (χ2n) is 13.9. The van der Waals surface area contributed by atoms with Crippen LogP contribution in [0.4, 0.5) is 11.4 Å². The average molecular weight is 685 g/mol. The number of nitrogen functional groups attached to an aromatic ring is 2. The van der Waals surface area contributed by atoms with Crippen LogP contribution >= 0.6 is 0 Å². The van der Waals surface area contributed by atoms with Crippen LogP contribution in [0.3, 0.4) is 0 Å². The number of anilines is 2. The fourth-order valence-electron chi connectivity index (χ4n) is 8.49. The second kappa shape index (κ2) is 12.8. The fraction of sp³-hybridized carbons (Fsp3) is 0.0612. The zero-order valence-corrected chi connectivity index (χ0v) is 29.1. The van der Waals surface area contributed by atoms with Crippen molar-refractivity contribution < 1.29 is 9.59 Å². The lowest BCUT2D eigenvalue weighted by molar-refractivity contribution is 0.0986. The standard InChI is InChI=1S/C49H36N2O2/c50-45-19-7-11-35-39(45)13-5-15-41(35)47(52)29-31-21-25-33(26-22-31)49(43-17-3-1-9-37(43)38-10-2-4-18-44(38)49)34-27-23-32(24-28-34)30-48(53)42-16-6-14-40-36(42)12-8-20-46(40)51/h1-28H,29-30,50-51H2. The molecule has 53 heavy (non-hydrogen) atoms. The number of ketones is 2. The van der Waals surface area contributed by atoms with Gasteiger partial charge in [0.05, 0.1) is 5.41 Å². The van der Waals surface area contributed by atoms with E-state index >= 15 is 0 Å². The van der Waals surface area contributed by atoms with Gasteiger partial charge in [0.2, 0.25) is 0 Å².